The van der Waals surface area contributed by atoms with Gasteiger partial charge in [0.05, 0.1) is 5.69 Å². The Morgan fingerprint density at radius 1 is 1.07 bits per heavy atom. The zero-order valence-electron chi connectivity index (χ0n) is 15.7. The van der Waals surface area contributed by atoms with Crippen molar-refractivity contribution >= 4 is 34.8 Å². The van der Waals surface area contributed by atoms with E-state index in [1.165, 1.54) is 11.8 Å². The molecule has 0 fully saturated rings. The fraction of sp³-hybridized carbons (Fsp3) is 0.238. The van der Waals surface area contributed by atoms with Crippen LogP contribution < -0.4 is 15.0 Å². The Hall–Kier alpha value is -3.48. The van der Waals surface area contributed by atoms with E-state index in [0.717, 1.165) is 0 Å². The topological polar surface area (TPSA) is 92.8 Å². The molecule has 2 aromatic carbocycles. The maximum absolute atomic E-state index is 12.5. The zero-order chi connectivity index (χ0) is 20.3. The van der Waals surface area contributed by atoms with Gasteiger partial charge in [-0.25, -0.2) is 0 Å². The average molecular weight is 380 g/mol. The molecule has 2 aromatic rings. The van der Waals surface area contributed by atoms with Gasteiger partial charge in [0.1, 0.15) is 5.75 Å². The minimum Gasteiger partial charge on any atom is -0.482 e. The van der Waals surface area contributed by atoms with Crippen molar-refractivity contribution in [3.63, 3.8) is 0 Å². The standard InChI is InChI=1S/C21H20N2O5/c1-13(24)14-4-3-5-16(10-14)22-20(26)9-7-18(25)15-6-8-19-17(11-15)23(2)21(27)12-28-19/h3-6,8,10-11H,7,9,12H2,1-2H3,(H,22,26). The summed E-state index contributed by atoms with van der Waals surface area (Å²) in [6, 6.07) is 11.5. The van der Waals surface area contributed by atoms with E-state index in [1.807, 2.05) is 0 Å². The molecule has 0 radical (unpaired) electrons. The van der Waals surface area contributed by atoms with Crippen molar-refractivity contribution < 1.29 is 23.9 Å². The molecule has 3 rings (SSSR count). The molecule has 0 spiro atoms. The number of carbonyl (C=O) groups is 4. The summed E-state index contributed by atoms with van der Waals surface area (Å²) >= 11 is 0. The Bertz CT molecular complexity index is 967. The summed E-state index contributed by atoms with van der Waals surface area (Å²) in [7, 11) is 1.63. The molecular weight excluding hydrogens is 360 g/mol. The average Bonchev–Trinajstić information content (AvgIpc) is 2.69. The van der Waals surface area contributed by atoms with Crippen molar-refractivity contribution in [2.75, 3.05) is 23.9 Å². The monoisotopic (exact) mass is 380 g/mol. The fourth-order valence-corrected chi connectivity index (χ4v) is 2.86. The molecule has 144 valence electrons. The number of ketones is 2. The molecule has 0 aliphatic carbocycles. The smallest absolute Gasteiger partial charge is 0.264 e. The third kappa shape index (κ3) is 4.25. The first-order valence-corrected chi connectivity index (χ1v) is 8.82. The molecule has 0 atom stereocenters. The van der Waals surface area contributed by atoms with E-state index in [1.54, 1.807) is 49.5 Å². The Kier molecular flexibility index (Phi) is 5.54. The van der Waals surface area contributed by atoms with E-state index in [9.17, 15) is 19.2 Å². The van der Waals surface area contributed by atoms with Gasteiger partial charge < -0.3 is 15.0 Å². The summed E-state index contributed by atoms with van der Waals surface area (Å²) in [4.78, 5) is 49.2. The zero-order valence-corrected chi connectivity index (χ0v) is 15.7. The van der Waals surface area contributed by atoms with Crippen LogP contribution in [0.5, 0.6) is 5.75 Å². The molecule has 7 nitrogen and oxygen atoms in total. The molecule has 0 aromatic heterocycles. The highest BCUT2D eigenvalue weighted by Crippen LogP contribution is 2.32. The van der Waals surface area contributed by atoms with Gasteiger partial charge in [0.15, 0.2) is 18.2 Å². The third-order valence-corrected chi connectivity index (χ3v) is 4.50. The number of fused-ring (bicyclic) bond motifs is 1. The van der Waals surface area contributed by atoms with E-state index >= 15 is 0 Å². The summed E-state index contributed by atoms with van der Waals surface area (Å²) in [6.07, 6.45) is 0.0288. The molecule has 0 saturated carbocycles. The minimum atomic E-state index is -0.317. The Morgan fingerprint density at radius 2 is 1.86 bits per heavy atom. The number of Topliss-reactive ketones (excluding diaryl/α,β-unsaturated/α-hetero) is 2. The molecule has 28 heavy (non-hydrogen) atoms. The lowest BCUT2D eigenvalue weighted by Crippen LogP contribution is -2.35. The molecule has 7 heteroatoms. The van der Waals surface area contributed by atoms with Crippen LogP contribution in [-0.4, -0.2) is 37.0 Å². The fourth-order valence-electron chi connectivity index (χ4n) is 2.86. The highest BCUT2D eigenvalue weighted by molar-refractivity contribution is 6.03. The number of nitrogens with one attached hydrogen (secondary N) is 1. The number of hydrogen-bond acceptors (Lipinski definition) is 5. The maximum Gasteiger partial charge on any atom is 0.264 e. The van der Waals surface area contributed by atoms with Gasteiger partial charge in [-0.1, -0.05) is 12.1 Å². The van der Waals surface area contributed by atoms with Crippen LogP contribution in [0, 0.1) is 0 Å². The number of amides is 2. The molecule has 0 saturated heterocycles. The largest absolute Gasteiger partial charge is 0.482 e. The second-order valence-electron chi connectivity index (χ2n) is 6.53. The van der Waals surface area contributed by atoms with Crippen LogP contribution in [-0.2, 0) is 9.59 Å². The van der Waals surface area contributed by atoms with Crippen LogP contribution in [0.25, 0.3) is 0 Å². The van der Waals surface area contributed by atoms with Crippen LogP contribution in [0.15, 0.2) is 42.5 Å². The summed E-state index contributed by atoms with van der Waals surface area (Å²) in [5, 5.41) is 2.69. The van der Waals surface area contributed by atoms with E-state index in [2.05, 4.69) is 5.32 Å². The lowest BCUT2D eigenvalue weighted by molar-refractivity contribution is -0.121. The molecule has 0 unspecified atom stereocenters. The number of likely N-dealkylation sites (N-methyl/N-ethyl adjacent to an activating group) is 1. The first-order valence-electron chi connectivity index (χ1n) is 8.82. The van der Waals surface area contributed by atoms with Crippen molar-refractivity contribution in [1.82, 2.24) is 0 Å². The van der Waals surface area contributed by atoms with Gasteiger partial charge >= 0.3 is 0 Å². The van der Waals surface area contributed by atoms with Gasteiger partial charge in [0.2, 0.25) is 5.91 Å². The van der Waals surface area contributed by atoms with Crippen molar-refractivity contribution in [1.29, 1.82) is 0 Å². The number of anilines is 2. The highest BCUT2D eigenvalue weighted by atomic mass is 16.5. The normalized spacial score (nSPS) is 12.8. The van der Waals surface area contributed by atoms with Gasteiger partial charge in [-0.2, -0.15) is 0 Å². The van der Waals surface area contributed by atoms with Crippen LogP contribution >= 0.6 is 0 Å². The van der Waals surface area contributed by atoms with E-state index in [0.29, 0.717) is 28.3 Å². The predicted octanol–water partition coefficient (Wildman–Crippen LogP) is 2.85. The maximum atomic E-state index is 12.5. The van der Waals surface area contributed by atoms with Crippen LogP contribution in [0.3, 0.4) is 0 Å². The SMILES string of the molecule is CC(=O)c1cccc(NC(=O)CCC(=O)c2ccc3c(c2)N(C)C(=O)CO3)c1. The van der Waals surface area contributed by atoms with Crippen LogP contribution in [0.4, 0.5) is 11.4 Å². The van der Waals surface area contributed by atoms with Gasteiger partial charge in [-0.3, -0.25) is 19.2 Å². The first-order chi connectivity index (χ1) is 13.3. The number of rotatable bonds is 6. The summed E-state index contributed by atoms with van der Waals surface area (Å²) in [5.41, 5.74) is 1.96. The van der Waals surface area contributed by atoms with Crippen molar-refractivity contribution in [2.24, 2.45) is 0 Å². The van der Waals surface area contributed by atoms with E-state index in [4.69, 9.17) is 4.74 Å². The third-order valence-electron chi connectivity index (χ3n) is 4.50. The highest BCUT2D eigenvalue weighted by Gasteiger charge is 2.23. The quantitative estimate of drug-likeness (QED) is 0.778. The van der Waals surface area contributed by atoms with Crippen LogP contribution in [0.2, 0.25) is 0 Å². The lowest BCUT2D eigenvalue weighted by atomic mass is 10.0. The second kappa shape index (κ2) is 8.04. The Balaban J connectivity index is 1.61. The van der Waals surface area contributed by atoms with Crippen molar-refractivity contribution in [2.45, 2.75) is 19.8 Å². The number of ether oxygens (including phenoxy) is 1. The molecular formula is C21H20N2O5. The molecule has 1 N–H and O–H groups in total. The number of carbonyl (C=O) groups excluding carboxylic acids is 4. The van der Waals surface area contributed by atoms with E-state index in [-0.39, 0.29) is 42.8 Å². The van der Waals surface area contributed by atoms with Crippen molar-refractivity contribution in [3.8, 4) is 5.75 Å². The summed E-state index contributed by atoms with van der Waals surface area (Å²) in [5.74, 6) is -0.262. The Morgan fingerprint density at radius 3 is 2.61 bits per heavy atom. The second-order valence-corrected chi connectivity index (χ2v) is 6.53. The minimum absolute atomic E-state index is 0.00544. The molecule has 1 heterocycles. The van der Waals surface area contributed by atoms with Gasteiger partial charge in [-0.05, 0) is 37.3 Å². The molecule has 0 bridgehead atoms. The lowest BCUT2D eigenvalue weighted by Gasteiger charge is -2.26. The molecule has 1 aliphatic rings. The van der Waals surface area contributed by atoms with E-state index < -0.39 is 0 Å². The predicted molar refractivity (Wildman–Crippen MR) is 104 cm³/mol. The molecule has 2 amide bonds. The number of nitrogens with zero attached hydrogens (tertiary/aromatic N) is 1. The van der Waals surface area contributed by atoms with Crippen molar-refractivity contribution in [3.05, 3.63) is 53.6 Å². The first kappa shape index (κ1) is 19.3. The Labute approximate surface area is 162 Å². The molecule has 1 aliphatic heterocycles. The van der Waals surface area contributed by atoms with Gasteiger partial charge in [0, 0.05) is 36.7 Å². The summed E-state index contributed by atoms with van der Waals surface area (Å²) in [6.45, 7) is 1.43. The summed E-state index contributed by atoms with van der Waals surface area (Å²) < 4.78 is 5.34. The van der Waals surface area contributed by atoms with Gasteiger partial charge in [0.25, 0.3) is 5.91 Å². The number of benzene rings is 2. The van der Waals surface area contributed by atoms with Gasteiger partial charge in [-0.15, -0.1) is 0 Å². The number of hydrogen-bond donors (Lipinski definition) is 1. The van der Waals surface area contributed by atoms with Crippen LogP contribution in [0.1, 0.15) is 40.5 Å².